The molecule has 90 valence electrons. The number of hydrogen-bond donors (Lipinski definition) is 1. The maximum atomic E-state index is 5.48. The fourth-order valence-corrected chi connectivity index (χ4v) is 4.63. The van der Waals surface area contributed by atoms with Crippen LogP contribution in [-0.2, 0) is 0 Å². The van der Waals surface area contributed by atoms with Crippen LogP contribution in [0, 0.1) is 0 Å². The van der Waals surface area contributed by atoms with Crippen LogP contribution < -0.4 is 5.32 Å². The van der Waals surface area contributed by atoms with Crippen LogP contribution in [0.5, 0.6) is 0 Å². The van der Waals surface area contributed by atoms with E-state index in [9.17, 15) is 0 Å². The Morgan fingerprint density at radius 1 is 1.06 bits per heavy atom. The molecular formula is C14H11NS3. The molecule has 0 spiro atoms. The molecule has 2 aromatic rings. The first-order valence-electron chi connectivity index (χ1n) is 5.61. The van der Waals surface area contributed by atoms with Gasteiger partial charge in [0.15, 0.2) is 0 Å². The molecule has 1 atom stereocenters. The van der Waals surface area contributed by atoms with Gasteiger partial charge in [-0.15, -0.1) is 0 Å². The Morgan fingerprint density at radius 2 is 1.78 bits per heavy atom. The normalized spacial score (nSPS) is 17.0. The second kappa shape index (κ2) is 5.34. The van der Waals surface area contributed by atoms with Crippen LogP contribution in [0.15, 0.2) is 59.5 Å². The highest BCUT2D eigenvalue weighted by atomic mass is 32.2. The molecule has 1 unspecified atom stereocenters. The molecule has 1 nitrogen and oxygen atoms in total. The number of benzene rings is 2. The van der Waals surface area contributed by atoms with E-state index in [4.69, 9.17) is 12.2 Å². The average molecular weight is 289 g/mol. The molecule has 0 saturated carbocycles. The van der Waals surface area contributed by atoms with Crippen LogP contribution in [0.3, 0.4) is 0 Å². The Balaban J connectivity index is 1.68. The highest BCUT2D eigenvalue weighted by Gasteiger charge is 2.22. The third-order valence-corrected chi connectivity index (χ3v) is 5.44. The predicted molar refractivity (Wildman–Crippen MR) is 85.4 cm³/mol. The van der Waals surface area contributed by atoms with E-state index in [0.717, 1.165) is 9.76 Å². The molecule has 4 heteroatoms. The van der Waals surface area contributed by atoms with Crippen molar-refractivity contribution < 1.29 is 0 Å². The summed E-state index contributed by atoms with van der Waals surface area (Å²) in [4.78, 5) is 1.30. The molecule has 0 aromatic heterocycles. The maximum absolute atomic E-state index is 5.48. The van der Waals surface area contributed by atoms with E-state index < -0.39 is 0 Å². The van der Waals surface area contributed by atoms with E-state index in [1.165, 1.54) is 10.6 Å². The molecule has 0 fully saturated rings. The predicted octanol–water partition coefficient (Wildman–Crippen LogP) is 4.60. The van der Waals surface area contributed by atoms with E-state index in [1.54, 1.807) is 11.8 Å². The molecule has 18 heavy (non-hydrogen) atoms. The number of nitrogens with one attached hydrogen (secondary N) is 1. The van der Waals surface area contributed by atoms with Crippen molar-refractivity contribution in [3.05, 3.63) is 60.2 Å². The molecule has 0 bridgehead atoms. The lowest BCUT2D eigenvalue weighted by atomic mass is 10.2. The smallest absolute Gasteiger partial charge is 0.129 e. The molecule has 1 aliphatic rings. The van der Waals surface area contributed by atoms with Crippen molar-refractivity contribution in [3.63, 3.8) is 0 Å². The molecule has 1 heterocycles. The summed E-state index contributed by atoms with van der Waals surface area (Å²) in [6, 6.07) is 18.5. The first-order chi connectivity index (χ1) is 8.83. The molecule has 0 saturated heterocycles. The van der Waals surface area contributed by atoms with E-state index in [1.807, 2.05) is 30.0 Å². The minimum atomic E-state index is 0.273. The molecule has 3 rings (SSSR count). The summed E-state index contributed by atoms with van der Waals surface area (Å²) in [5.41, 5.74) is 2.33. The van der Waals surface area contributed by atoms with Gasteiger partial charge in [0.05, 0.1) is 4.20 Å². The molecule has 1 N–H and O–H groups in total. The van der Waals surface area contributed by atoms with Crippen LogP contribution in [0.25, 0.3) is 0 Å². The van der Waals surface area contributed by atoms with Gasteiger partial charge in [0.25, 0.3) is 0 Å². The maximum Gasteiger partial charge on any atom is 0.129 e. The van der Waals surface area contributed by atoms with Gasteiger partial charge in [0.2, 0.25) is 0 Å². The van der Waals surface area contributed by atoms with Crippen molar-refractivity contribution in [1.29, 1.82) is 0 Å². The minimum Gasteiger partial charge on any atom is -0.363 e. The topological polar surface area (TPSA) is 12.0 Å². The van der Waals surface area contributed by atoms with Crippen molar-refractivity contribution >= 4 is 45.6 Å². The molecule has 2 aromatic carbocycles. The highest BCUT2D eigenvalue weighted by Crippen LogP contribution is 2.43. The molecule has 1 aliphatic heterocycles. The van der Waals surface area contributed by atoms with Crippen LogP contribution in [0.1, 0.15) is 5.56 Å². The fourth-order valence-electron chi connectivity index (χ4n) is 1.75. The number of anilines is 1. The van der Waals surface area contributed by atoms with E-state index in [0.29, 0.717) is 0 Å². The van der Waals surface area contributed by atoms with Crippen molar-refractivity contribution in [1.82, 2.24) is 0 Å². The number of thioether (sulfide) groups is 2. The summed E-state index contributed by atoms with van der Waals surface area (Å²) in [6.45, 7) is 0. The quantitative estimate of drug-likeness (QED) is 0.811. The summed E-state index contributed by atoms with van der Waals surface area (Å²) in [7, 11) is 0. The van der Waals surface area contributed by atoms with Crippen LogP contribution in [0.2, 0.25) is 0 Å². The summed E-state index contributed by atoms with van der Waals surface area (Å²) in [6.07, 6.45) is 0. The summed E-state index contributed by atoms with van der Waals surface area (Å²) < 4.78 is 1.21. The molecule has 0 amide bonds. The summed E-state index contributed by atoms with van der Waals surface area (Å²) in [5, 5.41) is 3.47. The number of thiocarbonyl (C=S) groups is 1. The monoisotopic (exact) mass is 289 g/mol. The van der Waals surface area contributed by atoms with Gasteiger partial charge in [0, 0.05) is 10.6 Å². The highest BCUT2D eigenvalue weighted by molar-refractivity contribution is 8.31. The minimum absolute atomic E-state index is 0.273. The number of hydrogen-bond acceptors (Lipinski definition) is 4. The fraction of sp³-hybridized carbons (Fsp3) is 0.0714. The van der Waals surface area contributed by atoms with E-state index in [2.05, 4.69) is 41.7 Å². The van der Waals surface area contributed by atoms with Crippen molar-refractivity contribution in [2.24, 2.45) is 0 Å². The Morgan fingerprint density at radius 3 is 2.56 bits per heavy atom. The van der Waals surface area contributed by atoms with Gasteiger partial charge in [-0.25, -0.2) is 0 Å². The van der Waals surface area contributed by atoms with E-state index in [-0.39, 0.29) is 4.71 Å². The molecule has 0 radical (unpaired) electrons. The van der Waals surface area contributed by atoms with E-state index >= 15 is 0 Å². The zero-order chi connectivity index (χ0) is 12.4. The zero-order valence-corrected chi connectivity index (χ0v) is 11.9. The van der Waals surface area contributed by atoms with Crippen LogP contribution >= 0.6 is 35.7 Å². The molecular weight excluding hydrogens is 278 g/mol. The van der Waals surface area contributed by atoms with Crippen molar-refractivity contribution in [3.8, 4) is 0 Å². The first kappa shape index (κ1) is 12.1. The largest absolute Gasteiger partial charge is 0.363 e. The summed E-state index contributed by atoms with van der Waals surface area (Å²) in [5.74, 6) is 0. The van der Waals surface area contributed by atoms with Gasteiger partial charge in [-0.1, -0.05) is 78.2 Å². The third-order valence-electron chi connectivity index (χ3n) is 2.62. The Kier molecular flexibility index (Phi) is 3.59. The number of para-hydroxylation sites is 1. The average Bonchev–Trinajstić information content (AvgIpc) is 2.82. The van der Waals surface area contributed by atoms with Gasteiger partial charge < -0.3 is 5.32 Å². The van der Waals surface area contributed by atoms with Gasteiger partial charge >= 0.3 is 0 Å². The van der Waals surface area contributed by atoms with Crippen LogP contribution in [-0.4, -0.2) is 8.90 Å². The standard InChI is InChI=1S/C14H11NS3/c16-13(10-6-2-1-3-7-10)18-14-15-11-8-4-5-9-12(11)17-14/h1-9,14-15H. The van der Waals surface area contributed by atoms with Gasteiger partial charge in [0.1, 0.15) is 4.71 Å². The number of rotatable bonds is 2. The lowest BCUT2D eigenvalue weighted by molar-refractivity contribution is 1.40. The van der Waals surface area contributed by atoms with Crippen molar-refractivity contribution in [2.75, 3.05) is 5.32 Å². The van der Waals surface area contributed by atoms with Gasteiger partial charge in [-0.2, -0.15) is 0 Å². The Bertz CT molecular complexity index is 543. The lowest BCUT2D eigenvalue weighted by Gasteiger charge is -2.10. The van der Waals surface area contributed by atoms with Crippen LogP contribution in [0.4, 0.5) is 5.69 Å². The Labute approximate surface area is 120 Å². The van der Waals surface area contributed by atoms with Gasteiger partial charge in [-0.3, -0.25) is 0 Å². The third kappa shape index (κ3) is 2.55. The SMILES string of the molecule is S=C(SC1Nc2ccccc2S1)c1ccccc1. The lowest BCUT2D eigenvalue weighted by Crippen LogP contribution is -2.08. The number of fused-ring (bicyclic) bond motifs is 1. The second-order valence-electron chi connectivity index (χ2n) is 3.86. The van der Waals surface area contributed by atoms with Crippen molar-refractivity contribution in [2.45, 2.75) is 9.60 Å². The summed E-state index contributed by atoms with van der Waals surface area (Å²) >= 11 is 9.00. The zero-order valence-electron chi connectivity index (χ0n) is 9.50. The second-order valence-corrected chi connectivity index (χ2v) is 7.09. The van der Waals surface area contributed by atoms with Gasteiger partial charge in [-0.05, 0) is 17.7 Å². The Hall–Kier alpha value is -0.970. The first-order valence-corrected chi connectivity index (χ1v) is 7.78. The molecule has 0 aliphatic carbocycles.